The molecule has 0 saturated carbocycles. The number of hydrogen-bond acceptors (Lipinski definition) is 11. The molecule has 8 amide bonds. The van der Waals surface area contributed by atoms with Gasteiger partial charge in [0.2, 0.25) is 0 Å². The highest BCUT2D eigenvalue weighted by Gasteiger charge is 2.54. The molecule has 11 rings (SSSR count). The fraction of sp³-hybridized carbons (Fsp3) is 0.170. The average Bonchev–Trinajstić information content (AvgIpc) is 4.16. The summed E-state index contributed by atoms with van der Waals surface area (Å²) < 4.78 is 23.3. The highest BCUT2D eigenvalue weighted by molar-refractivity contribution is 9.10. The monoisotopic (exact) mass is 937 g/mol. The van der Waals surface area contributed by atoms with Crippen LogP contribution in [0.2, 0.25) is 0 Å². The Bertz CT molecular complexity index is 3170. The summed E-state index contributed by atoms with van der Waals surface area (Å²) in [5.41, 5.74) is 2.67. The van der Waals surface area contributed by atoms with Gasteiger partial charge in [0.25, 0.3) is 23.6 Å². The third-order valence-electron chi connectivity index (χ3n) is 12.0. The molecule has 0 spiro atoms. The van der Waals surface area contributed by atoms with E-state index >= 15 is 0 Å². The Hall–Kier alpha value is -7.99. The second kappa shape index (κ2) is 15.7. The molecular formula is C47H36BrN7O10. The van der Waals surface area contributed by atoms with Crippen LogP contribution in [0.5, 0.6) is 11.5 Å². The zero-order valence-corrected chi connectivity index (χ0v) is 36.1. The van der Waals surface area contributed by atoms with Crippen LogP contribution in [-0.4, -0.2) is 77.8 Å². The van der Waals surface area contributed by atoms with Crippen LogP contribution < -0.4 is 30.7 Å². The highest BCUT2D eigenvalue weighted by Crippen LogP contribution is 2.38. The Morgan fingerprint density at radius 2 is 1.09 bits per heavy atom. The van der Waals surface area contributed by atoms with E-state index in [1.165, 1.54) is 24.0 Å². The molecule has 2 atom stereocenters. The fourth-order valence-electron chi connectivity index (χ4n) is 8.67. The van der Waals surface area contributed by atoms with Crippen molar-refractivity contribution in [3.63, 3.8) is 0 Å². The second-order valence-electron chi connectivity index (χ2n) is 15.9. The minimum absolute atomic E-state index is 0.0681. The standard InChI is InChI=1S/C26H20N4O5.C21H16BrN3O5/c1-34-19-4-2-17-13-30(23(31)20(17)12-19)14-26(24(32)28-25(33)29-26)22-11-18-10-16(3-5-21(18)35-22)15-6-8-27-9-7-15;1-29-14-4-2-11-9-25(18(26)15(11)8-14)10-21(19(27)23-20(28)24-21)17-7-12-6-13(22)3-5-16(12)30-17/h2-12H,13-14H2,1H3,(H2,28,29,32,33);2-8H,9-10H2,1H3,(H2,23,24,27,28)/t26-;21-/m00/s1. The van der Waals surface area contributed by atoms with E-state index in [1.807, 2.05) is 54.6 Å². The van der Waals surface area contributed by atoms with Crippen LogP contribution in [0.15, 0.2) is 123 Å². The zero-order chi connectivity index (χ0) is 45.2. The molecule has 65 heavy (non-hydrogen) atoms. The van der Waals surface area contributed by atoms with E-state index in [0.717, 1.165) is 37.5 Å². The fourth-order valence-corrected chi connectivity index (χ4v) is 9.05. The van der Waals surface area contributed by atoms with Crippen LogP contribution in [-0.2, 0) is 33.8 Å². The van der Waals surface area contributed by atoms with E-state index in [9.17, 15) is 28.8 Å². The summed E-state index contributed by atoms with van der Waals surface area (Å²) in [6.45, 7) is 0.461. The Morgan fingerprint density at radius 3 is 1.57 bits per heavy atom. The maximum Gasteiger partial charge on any atom is 0.322 e. The molecule has 18 heteroatoms. The topological polar surface area (TPSA) is 215 Å². The molecule has 0 unspecified atom stereocenters. The molecule has 326 valence electrons. The van der Waals surface area contributed by atoms with Crippen molar-refractivity contribution in [3.05, 3.63) is 148 Å². The van der Waals surface area contributed by atoms with Crippen molar-refractivity contribution in [3.8, 4) is 22.6 Å². The van der Waals surface area contributed by atoms with Crippen LogP contribution in [0.3, 0.4) is 0 Å². The molecule has 2 fully saturated rings. The Morgan fingerprint density at radius 1 is 0.600 bits per heavy atom. The molecule has 0 radical (unpaired) electrons. The number of amides is 8. The number of nitrogens with zero attached hydrogens (tertiary/aromatic N) is 3. The molecule has 0 aliphatic carbocycles. The van der Waals surface area contributed by atoms with Crippen molar-refractivity contribution in [1.82, 2.24) is 36.1 Å². The number of aromatic nitrogens is 1. The Balaban J connectivity index is 0.000000155. The Labute approximate surface area is 377 Å². The van der Waals surface area contributed by atoms with Gasteiger partial charge in [0.15, 0.2) is 11.1 Å². The van der Waals surface area contributed by atoms with Crippen LogP contribution in [0.25, 0.3) is 33.1 Å². The van der Waals surface area contributed by atoms with Gasteiger partial charge < -0.3 is 38.7 Å². The van der Waals surface area contributed by atoms with Crippen molar-refractivity contribution in [2.45, 2.75) is 24.2 Å². The maximum atomic E-state index is 13.2. The van der Waals surface area contributed by atoms with Crippen LogP contribution in [0.1, 0.15) is 43.4 Å². The highest BCUT2D eigenvalue weighted by atomic mass is 79.9. The zero-order valence-electron chi connectivity index (χ0n) is 34.5. The van der Waals surface area contributed by atoms with Gasteiger partial charge in [-0.05, 0) is 101 Å². The molecule has 7 heterocycles. The predicted molar refractivity (Wildman–Crippen MR) is 236 cm³/mol. The molecule has 4 aliphatic heterocycles. The number of carbonyl (C=O) groups excluding carboxylic acids is 6. The number of fused-ring (bicyclic) bond motifs is 4. The van der Waals surface area contributed by atoms with Gasteiger partial charge in [-0.25, -0.2) is 9.59 Å². The lowest BCUT2D eigenvalue weighted by Gasteiger charge is -2.29. The number of methoxy groups -OCH3 is 2. The number of rotatable bonds is 9. The number of imide groups is 2. The lowest BCUT2D eigenvalue weighted by Crippen LogP contribution is -2.52. The third kappa shape index (κ3) is 7.07. The average molecular weight is 939 g/mol. The van der Waals surface area contributed by atoms with Gasteiger partial charge in [-0.2, -0.15) is 0 Å². The smallest absolute Gasteiger partial charge is 0.322 e. The number of nitrogens with one attached hydrogen (secondary N) is 4. The quantitative estimate of drug-likeness (QED) is 0.122. The number of furan rings is 2. The largest absolute Gasteiger partial charge is 0.497 e. The summed E-state index contributed by atoms with van der Waals surface area (Å²) >= 11 is 3.41. The summed E-state index contributed by atoms with van der Waals surface area (Å²) in [6.07, 6.45) is 3.43. The van der Waals surface area contributed by atoms with Crippen LogP contribution in [0, 0.1) is 0 Å². The number of urea groups is 2. The molecule has 3 aromatic heterocycles. The Kier molecular flexibility index (Phi) is 9.89. The molecule has 2 saturated heterocycles. The van der Waals surface area contributed by atoms with E-state index in [-0.39, 0.29) is 36.4 Å². The van der Waals surface area contributed by atoms with E-state index in [1.54, 1.807) is 54.9 Å². The van der Waals surface area contributed by atoms with Gasteiger partial charge in [-0.15, -0.1) is 0 Å². The van der Waals surface area contributed by atoms with E-state index in [4.69, 9.17) is 18.3 Å². The van der Waals surface area contributed by atoms with Crippen LogP contribution >= 0.6 is 15.9 Å². The summed E-state index contributed by atoms with van der Waals surface area (Å²) in [5.74, 6) is 0.0456. The first kappa shape index (κ1) is 41.0. The summed E-state index contributed by atoms with van der Waals surface area (Å²) in [5, 5.41) is 11.5. The number of benzene rings is 4. The molecule has 4 aliphatic rings. The number of halogens is 1. The number of pyridine rings is 1. The van der Waals surface area contributed by atoms with E-state index < -0.39 is 35.0 Å². The van der Waals surface area contributed by atoms with Crippen molar-refractivity contribution in [1.29, 1.82) is 0 Å². The van der Waals surface area contributed by atoms with Gasteiger partial charge in [0.05, 0.1) is 27.3 Å². The molecule has 17 nitrogen and oxygen atoms in total. The van der Waals surface area contributed by atoms with Gasteiger partial charge in [0.1, 0.15) is 34.2 Å². The SMILES string of the molecule is COc1ccc2c(c1)C(=O)N(C[C@@]1(c3cc4cc(-c5ccncc5)ccc4o3)NC(=O)NC1=O)C2.COc1ccc2c(c1)C(=O)N(C[C@@]1(c3cc4cc(Br)ccc4o3)NC(=O)NC1=O)C2. The normalized spacial score (nSPS) is 19.7. The first-order valence-corrected chi connectivity index (χ1v) is 21.0. The minimum atomic E-state index is -1.56. The second-order valence-corrected chi connectivity index (χ2v) is 16.8. The van der Waals surface area contributed by atoms with Gasteiger partial charge in [-0.1, -0.05) is 34.1 Å². The summed E-state index contributed by atoms with van der Waals surface area (Å²) in [4.78, 5) is 83.6. The number of carbonyl (C=O) groups is 6. The molecule has 7 aromatic rings. The van der Waals surface area contributed by atoms with E-state index in [2.05, 4.69) is 42.2 Å². The number of hydrogen-bond donors (Lipinski definition) is 4. The van der Waals surface area contributed by atoms with Crippen molar-refractivity contribution in [2.75, 3.05) is 27.3 Å². The van der Waals surface area contributed by atoms with Gasteiger partial charge in [-0.3, -0.25) is 34.8 Å². The van der Waals surface area contributed by atoms with Gasteiger partial charge in [0, 0.05) is 51.9 Å². The van der Waals surface area contributed by atoms with Crippen molar-refractivity contribution < 1.29 is 47.1 Å². The first-order valence-electron chi connectivity index (χ1n) is 20.2. The lowest BCUT2D eigenvalue weighted by molar-refractivity contribution is -0.126. The first-order chi connectivity index (χ1) is 31.4. The third-order valence-corrected chi connectivity index (χ3v) is 12.5. The lowest BCUT2D eigenvalue weighted by atomic mass is 9.95. The molecule has 0 bridgehead atoms. The van der Waals surface area contributed by atoms with Crippen molar-refractivity contribution in [2.24, 2.45) is 0 Å². The molecule has 4 N–H and O–H groups in total. The summed E-state index contributed by atoms with van der Waals surface area (Å²) in [6, 6.07) is 27.7. The van der Waals surface area contributed by atoms with E-state index in [0.29, 0.717) is 46.9 Å². The number of ether oxygens (including phenoxy) is 2. The molecule has 4 aromatic carbocycles. The van der Waals surface area contributed by atoms with Crippen molar-refractivity contribution >= 4 is 73.6 Å². The van der Waals surface area contributed by atoms with Gasteiger partial charge >= 0.3 is 12.1 Å². The van der Waals surface area contributed by atoms with Crippen LogP contribution in [0.4, 0.5) is 9.59 Å². The molecular weight excluding hydrogens is 902 g/mol. The summed E-state index contributed by atoms with van der Waals surface area (Å²) in [7, 11) is 3.07. The predicted octanol–water partition coefficient (Wildman–Crippen LogP) is 6.09. The maximum absolute atomic E-state index is 13.2. The minimum Gasteiger partial charge on any atom is -0.497 e.